The zero-order valence-corrected chi connectivity index (χ0v) is 13.9. The van der Waals surface area contributed by atoms with Gasteiger partial charge in [-0.1, -0.05) is 0 Å². The van der Waals surface area contributed by atoms with Crippen LogP contribution < -0.4 is 9.47 Å². The Hall–Kier alpha value is -3.42. The summed E-state index contributed by atoms with van der Waals surface area (Å²) >= 11 is 0. The van der Waals surface area contributed by atoms with Crippen LogP contribution in [0, 0.1) is 5.82 Å². The zero-order valence-electron chi connectivity index (χ0n) is 13.9. The van der Waals surface area contributed by atoms with Crippen molar-refractivity contribution in [2.75, 3.05) is 6.61 Å². The molecule has 0 amide bonds. The lowest BCUT2D eigenvalue weighted by Gasteiger charge is -2.12. The Morgan fingerprint density at radius 1 is 1.19 bits per heavy atom. The van der Waals surface area contributed by atoms with Gasteiger partial charge >= 0.3 is 5.97 Å². The molecular weight excluding hydrogens is 341 g/mol. The average molecular weight is 357 g/mol. The molecule has 1 aromatic carbocycles. The summed E-state index contributed by atoms with van der Waals surface area (Å²) in [7, 11) is 0. The molecule has 1 N–H and O–H groups in total. The van der Waals surface area contributed by atoms with Gasteiger partial charge < -0.3 is 14.6 Å². The first-order chi connectivity index (χ1) is 12.6. The van der Waals surface area contributed by atoms with Crippen LogP contribution >= 0.6 is 0 Å². The number of halogens is 1. The maximum Gasteiger partial charge on any atom is 0.335 e. The van der Waals surface area contributed by atoms with Gasteiger partial charge in [0, 0.05) is 23.9 Å². The molecule has 2 heterocycles. The predicted octanol–water partition coefficient (Wildman–Crippen LogP) is 3.08. The standard InChI is InChI=1S/C18H16FN3O4/c1-2-25-15-10-14(19)4-3-13(15)11-26-17-6-8-21-22(17)16-9-12(18(23)24)5-7-20-16/h3-10H,2,11H2,1H3,(H,23,24). The van der Waals surface area contributed by atoms with E-state index in [1.807, 2.05) is 6.92 Å². The molecule has 8 heteroatoms. The Labute approximate surface area is 148 Å². The molecule has 0 aliphatic carbocycles. The molecule has 0 aliphatic heterocycles. The highest BCUT2D eigenvalue weighted by Gasteiger charge is 2.12. The van der Waals surface area contributed by atoms with E-state index in [9.17, 15) is 9.18 Å². The van der Waals surface area contributed by atoms with Crippen LogP contribution in [0.1, 0.15) is 22.8 Å². The van der Waals surface area contributed by atoms with Gasteiger partial charge in [-0.15, -0.1) is 0 Å². The van der Waals surface area contributed by atoms with Gasteiger partial charge in [0.25, 0.3) is 0 Å². The minimum atomic E-state index is -1.06. The summed E-state index contributed by atoms with van der Waals surface area (Å²) in [6.45, 7) is 2.34. The number of hydrogen-bond donors (Lipinski definition) is 1. The van der Waals surface area contributed by atoms with E-state index in [4.69, 9.17) is 14.6 Å². The number of rotatable bonds is 7. The van der Waals surface area contributed by atoms with Crippen molar-refractivity contribution in [3.05, 3.63) is 65.7 Å². The van der Waals surface area contributed by atoms with Crippen molar-refractivity contribution in [3.63, 3.8) is 0 Å². The van der Waals surface area contributed by atoms with Gasteiger partial charge in [-0.05, 0) is 31.2 Å². The van der Waals surface area contributed by atoms with Crippen LogP contribution in [-0.2, 0) is 6.61 Å². The number of aromatic carboxylic acids is 1. The van der Waals surface area contributed by atoms with E-state index >= 15 is 0 Å². The second-order valence-electron chi connectivity index (χ2n) is 5.26. The highest BCUT2D eigenvalue weighted by atomic mass is 19.1. The molecule has 2 aromatic heterocycles. The molecule has 26 heavy (non-hydrogen) atoms. The minimum absolute atomic E-state index is 0.0913. The van der Waals surface area contributed by atoms with Gasteiger partial charge in [-0.25, -0.2) is 14.2 Å². The summed E-state index contributed by atoms with van der Waals surface area (Å²) in [4.78, 5) is 15.2. The molecule has 0 atom stereocenters. The van der Waals surface area contributed by atoms with Gasteiger partial charge in [-0.3, -0.25) is 0 Å². The number of nitrogens with zero attached hydrogens (tertiary/aromatic N) is 3. The van der Waals surface area contributed by atoms with Crippen LogP contribution in [0.15, 0.2) is 48.8 Å². The zero-order chi connectivity index (χ0) is 18.5. The number of pyridine rings is 1. The molecule has 0 spiro atoms. The van der Waals surface area contributed by atoms with Gasteiger partial charge in [0.05, 0.1) is 18.4 Å². The van der Waals surface area contributed by atoms with Gasteiger partial charge in [0.1, 0.15) is 18.2 Å². The second kappa shape index (κ2) is 7.64. The Morgan fingerprint density at radius 3 is 2.81 bits per heavy atom. The van der Waals surface area contributed by atoms with Crippen LogP contribution in [0.25, 0.3) is 5.82 Å². The average Bonchev–Trinajstić information content (AvgIpc) is 3.10. The minimum Gasteiger partial charge on any atom is -0.493 e. The molecule has 0 radical (unpaired) electrons. The maximum atomic E-state index is 13.4. The summed E-state index contributed by atoms with van der Waals surface area (Å²) in [5.41, 5.74) is 0.766. The largest absolute Gasteiger partial charge is 0.493 e. The lowest BCUT2D eigenvalue weighted by molar-refractivity contribution is 0.0696. The molecule has 0 aliphatic rings. The van der Waals surface area contributed by atoms with Crippen molar-refractivity contribution < 1.29 is 23.8 Å². The van der Waals surface area contributed by atoms with Crippen molar-refractivity contribution in [3.8, 4) is 17.4 Å². The quantitative estimate of drug-likeness (QED) is 0.699. The number of carbonyl (C=O) groups is 1. The van der Waals surface area contributed by atoms with E-state index in [1.165, 1.54) is 41.3 Å². The van der Waals surface area contributed by atoms with E-state index in [1.54, 1.807) is 12.1 Å². The maximum absolute atomic E-state index is 13.4. The number of carboxylic acids is 1. The number of carboxylic acid groups (broad SMARTS) is 1. The third-order valence-electron chi connectivity index (χ3n) is 3.52. The number of benzene rings is 1. The van der Waals surface area contributed by atoms with Crippen molar-refractivity contribution in [1.29, 1.82) is 0 Å². The highest BCUT2D eigenvalue weighted by Crippen LogP contribution is 2.23. The summed E-state index contributed by atoms with van der Waals surface area (Å²) in [5.74, 6) is -0.363. The third-order valence-corrected chi connectivity index (χ3v) is 3.52. The summed E-state index contributed by atoms with van der Waals surface area (Å²) in [6, 6.07) is 8.63. The molecule has 0 fully saturated rings. The smallest absolute Gasteiger partial charge is 0.335 e. The number of aromatic nitrogens is 3. The van der Waals surface area contributed by atoms with Crippen LogP contribution in [0.3, 0.4) is 0 Å². The van der Waals surface area contributed by atoms with Crippen LogP contribution in [0.5, 0.6) is 11.6 Å². The van der Waals surface area contributed by atoms with Gasteiger partial charge in [0.15, 0.2) is 5.82 Å². The molecule has 0 bridgehead atoms. The second-order valence-corrected chi connectivity index (χ2v) is 5.26. The highest BCUT2D eigenvalue weighted by molar-refractivity contribution is 5.87. The molecule has 7 nitrogen and oxygen atoms in total. The van der Waals surface area contributed by atoms with Crippen LogP contribution in [0.4, 0.5) is 4.39 Å². The lowest BCUT2D eigenvalue weighted by Crippen LogP contribution is -2.07. The molecule has 0 saturated carbocycles. The Balaban J connectivity index is 1.82. The summed E-state index contributed by atoms with van der Waals surface area (Å²) in [5, 5.41) is 13.2. The van der Waals surface area contributed by atoms with Crippen LogP contribution in [0.2, 0.25) is 0 Å². The third kappa shape index (κ3) is 3.80. The Morgan fingerprint density at radius 2 is 2.04 bits per heavy atom. The first kappa shape index (κ1) is 17.4. The molecule has 3 rings (SSSR count). The van der Waals surface area contributed by atoms with Crippen molar-refractivity contribution in [2.45, 2.75) is 13.5 Å². The Kier molecular flexibility index (Phi) is 5.12. The first-order valence-electron chi connectivity index (χ1n) is 7.86. The van der Waals surface area contributed by atoms with Gasteiger partial charge in [0.2, 0.25) is 5.88 Å². The number of hydrogen-bond acceptors (Lipinski definition) is 5. The van der Waals surface area contributed by atoms with Crippen LogP contribution in [-0.4, -0.2) is 32.4 Å². The fraction of sp³-hybridized carbons (Fsp3) is 0.167. The summed E-state index contributed by atoms with van der Waals surface area (Å²) in [6.07, 6.45) is 2.90. The van der Waals surface area contributed by atoms with Crippen molar-refractivity contribution in [1.82, 2.24) is 14.8 Å². The number of ether oxygens (including phenoxy) is 2. The monoisotopic (exact) mass is 357 g/mol. The van der Waals surface area contributed by atoms with E-state index in [2.05, 4.69) is 10.1 Å². The normalized spacial score (nSPS) is 10.5. The Bertz CT molecular complexity index is 926. The van der Waals surface area contributed by atoms with Crippen molar-refractivity contribution >= 4 is 5.97 Å². The summed E-state index contributed by atoms with van der Waals surface area (Å²) < 4.78 is 25.9. The van der Waals surface area contributed by atoms with E-state index in [-0.39, 0.29) is 12.2 Å². The molecule has 0 saturated heterocycles. The van der Waals surface area contributed by atoms with E-state index in [0.29, 0.717) is 29.6 Å². The molecule has 134 valence electrons. The fourth-order valence-corrected chi connectivity index (χ4v) is 2.33. The molecule has 3 aromatic rings. The van der Waals surface area contributed by atoms with E-state index < -0.39 is 11.8 Å². The lowest BCUT2D eigenvalue weighted by atomic mass is 10.2. The first-order valence-corrected chi connectivity index (χ1v) is 7.86. The van der Waals surface area contributed by atoms with Gasteiger partial charge in [-0.2, -0.15) is 9.78 Å². The SMILES string of the molecule is CCOc1cc(F)ccc1COc1ccnn1-c1cc(C(=O)O)ccn1. The van der Waals surface area contributed by atoms with E-state index in [0.717, 1.165) is 0 Å². The topological polar surface area (TPSA) is 86.5 Å². The predicted molar refractivity (Wildman–Crippen MR) is 90.2 cm³/mol. The molecule has 0 unspecified atom stereocenters. The molecular formula is C18H16FN3O4. The fourth-order valence-electron chi connectivity index (χ4n) is 2.33. The van der Waals surface area contributed by atoms with Crippen molar-refractivity contribution in [2.24, 2.45) is 0 Å².